The molecule has 0 radical (unpaired) electrons. The van der Waals surface area contributed by atoms with Gasteiger partial charge < -0.3 is 0 Å². The first kappa shape index (κ1) is 6.21. The van der Waals surface area contributed by atoms with Crippen molar-refractivity contribution < 1.29 is 0 Å². The van der Waals surface area contributed by atoms with E-state index in [1.54, 1.807) is 0 Å². The Labute approximate surface area is 62.6 Å². The van der Waals surface area contributed by atoms with E-state index in [1.807, 2.05) is 0 Å². The molecule has 0 N–H and O–H groups in total. The lowest BCUT2D eigenvalue weighted by molar-refractivity contribution is 0.521. The van der Waals surface area contributed by atoms with Crippen molar-refractivity contribution >= 4 is 0 Å². The third-order valence-electron chi connectivity index (χ3n) is 2.91. The first-order valence-corrected chi connectivity index (χ1v) is 4.11. The highest BCUT2D eigenvalue weighted by molar-refractivity contribution is 5.17. The second-order valence-electron chi connectivity index (χ2n) is 3.73. The molecule has 10 heavy (non-hydrogen) atoms. The van der Waals surface area contributed by atoms with Crippen molar-refractivity contribution in [2.75, 3.05) is 0 Å². The fourth-order valence-corrected chi connectivity index (χ4v) is 2.35. The summed E-state index contributed by atoms with van der Waals surface area (Å²) in [6.07, 6.45) is 7.53. The van der Waals surface area contributed by atoms with Crippen molar-refractivity contribution in [3.8, 4) is 0 Å². The molecule has 0 heteroatoms. The molecule has 0 nitrogen and oxygen atoms in total. The summed E-state index contributed by atoms with van der Waals surface area (Å²) in [6, 6.07) is 0. The van der Waals surface area contributed by atoms with E-state index in [0.29, 0.717) is 0 Å². The predicted octanol–water partition coefficient (Wildman–Crippen LogP) is 2.77. The molecular weight excluding hydrogens is 120 g/mol. The molecular formula is C10H14. The second kappa shape index (κ2) is 1.98. The maximum Gasteiger partial charge on any atom is -0.0140 e. The van der Waals surface area contributed by atoms with Crippen LogP contribution in [0.25, 0.3) is 0 Å². The molecule has 0 saturated heterocycles. The molecule has 2 bridgehead atoms. The third-order valence-corrected chi connectivity index (χ3v) is 2.91. The van der Waals surface area contributed by atoms with Crippen LogP contribution in [0.1, 0.15) is 19.8 Å². The van der Waals surface area contributed by atoms with Crippen LogP contribution in [0.2, 0.25) is 0 Å². The molecule has 2 rings (SSSR count). The Balaban J connectivity index is 2.16. The van der Waals surface area contributed by atoms with E-state index in [9.17, 15) is 0 Å². The van der Waals surface area contributed by atoms with Crippen LogP contribution in [0, 0.1) is 17.8 Å². The number of hydrogen-bond donors (Lipinski definition) is 0. The Morgan fingerprint density at radius 2 is 2.20 bits per heavy atom. The number of rotatable bonds is 1. The Hall–Kier alpha value is -0.520. The van der Waals surface area contributed by atoms with Gasteiger partial charge in [0.15, 0.2) is 0 Å². The molecule has 2 aliphatic carbocycles. The lowest BCUT2D eigenvalue weighted by Gasteiger charge is -2.17. The smallest absolute Gasteiger partial charge is 0.0140 e. The summed E-state index contributed by atoms with van der Waals surface area (Å²) in [7, 11) is 0. The zero-order chi connectivity index (χ0) is 7.14. The van der Waals surface area contributed by atoms with Gasteiger partial charge in [-0.05, 0) is 37.5 Å². The van der Waals surface area contributed by atoms with Crippen LogP contribution in [0.15, 0.2) is 24.3 Å². The molecule has 1 fully saturated rings. The van der Waals surface area contributed by atoms with Gasteiger partial charge in [-0.25, -0.2) is 0 Å². The van der Waals surface area contributed by atoms with Gasteiger partial charge in [0.25, 0.3) is 0 Å². The molecule has 2 aliphatic rings. The molecule has 0 amide bonds. The second-order valence-corrected chi connectivity index (χ2v) is 3.73. The summed E-state index contributed by atoms with van der Waals surface area (Å²) in [4.78, 5) is 0. The molecule has 0 unspecified atom stereocenters. The van der Waals surface area contributed by atoms with Gasteiger partial charge in [-0.1, -0.05) is 24.3 Å². The highest BCUT2D eigenvalue weighted by atomic mass is 14.4. The predicted molar refractivity (Wildman–Crippen MR) is 43.7 cm³/mol. The SMILES string of the molecule is C=C(C)[C@@H]1C[C@@H]2C=C[C@H]1C2. The lowest BCUT2D eigenvalue weighted by Crippen LogP contribution is -2.06. The van der Waals surface area contributed by atoms with Gasteiger partial charge in [0.2, 0.25) is 0 Å². The standard InChI is InChI=1S/C10H14/c1-7(2)10-6-8-3-4-9(10)5-8/h3-4,8-10H,1,5-6H2,2H3/t8-,9+,10+/m1/s1. The van der Waals surface area contributed by atoms with Gasteiger partial charge in [0, 0.05) is 0 Å². The van der Waals surface area contributed by atoms with Crippen LogP contribution in [0.5, 0.6) is 0 Å². The number of allylic oxidation sites excluding steroid dienone is 3. The van der Waals surface area contributed by atoms with Crippen LogP contribution >= 0.6 is 0 Å². The molecule has 0 aromatic heterocycles. The van der Waals surface area contributed by atoms with E-state index in [-0.39, 0.29) is 0 Å². The van der Waals surface area contributed by atoms with Crippen LogP contribution in [-0.4, -0.2) is 0 Å². The van der Waals surface area contributed by atoms with E-state index >= 15 is 0 Å². The van der Waals surface area contributed by atoms with E-state index in [0.717, 1.165) is 17.8 Å². The first-order valence-electron chi connectivity index (χ1n) is 4.11. The van der Waals surface area contributed by atoms with Crippen molar-refractivity contribution in [1.29, 1.82) is 0 Å². The summed E-state index contributed by atoms with van der Waals surface area (Å²) in [6.45, 7) is 6.19. The molecule has 1 saturated carbocycles. The summed E-state index contributed by atoms with van der Waals surface area (Å²) in [5, 5.41) is 0. The van der Waals surface area contributed by atoms with E-state index < -0.39 is 0 Å². The third kappa shape index (κ3) is 0.749. The quantitative estimate of drug-likeness (QED) is 0.484. The molecule has 54 valence electrons. The van der Waals surface area contributed by atoms with Crippen molar-refractivity contribution in [2.24, 2.45) is 17.8 Å². The van der Waals surface area contributed by atoms with Gasteiger partial charge in [-0.2, -0.15) is 0 Å². The Morgan fingerprint density at radius 1 is 1.40 bits per heavy atom. The van der Waals surface area contributed by atoms with Crippen LogP contribution in [0.3, 0.4) is 0 Å². The first-order chi connectivity index (χ1) is 4.77. The van der Waals surface area contributed by atoms with Gasteiger partial charge in [-0.3, -0.25) is 0 Å². The average molecular weight is 134 g/mol. The maximum atomic E-state index is 4.02. The monoisotopic (exact) mass is 134 g/mol. The minimum absolute atomic E-state index is 0.815. The van der Waals surface area contributed by atoms with Crippen LogP contribution in [0.4, 0.5) is 0 Å². The maximum absolute atomic E-state index is 4.02. The van der Waals surface area contributed by atoms with Crippen LogP contribution in [-0.2, 0) is 0 Å². The topological polar surface area (TPSA) is 0 Å². The number of fused-ring (bicyclic) bond motifs is 2. The average Bonchev–Trinajstić information content (AvgIpc) is 2.44. The zero-order valence-electron chi connectivity index (χ0n) is 6.51. The summed E-state index contributed by atoms with van der Waals surface area (Å²) in [5.41, 5.74) is 1.39. The van der Waals surface area contributed by atoms with Crippen molar-refractivity contribution in [3.05, 3.63) is 24.3 Å². The van der Waals surface area contributed by atoms with Gasteiger partial charge in [0.1, 0.15) is 0 Å². The molecule has 0 heterocycles. The largest absolute Gasteiger partial charge is 0.0998 e. The van der Waals surface area contributed by atoms with Crippen LogP contribution < -0.4 is 0 Å². The number of hydrogen-bond acceptors (Lipinski definition) is 0. The molecule has 0 spiro atoms. The van der Waals surface area contributed by atoms with Gasteiger partial charge in [-0.15, -0.1) is 0 Å². The highest BCUT2D eigenvalue weighted by Gasteiger charge is 2.35. The van der Waals surface area contributed by atoms with Crippen molar-refractivity contribution in [1.82, 2.24) is 0 Å². The summed E-state index contributed by atoms with van der Waals surface area (Å²) in [5.74, 6) is 2.56. The Bertz CT molecular complexity index is 188. The summed E-state index contributed by atoms with van der Waals surface area (Å²) < 4.78 is 0. The highest BCUT2D eigenvalue weighted by Crippen LogP contribution is 2.45. The van der Waals surface area contributed by atoms with Gasteiger partial charge >= 0.3 is 0 Å². The van der Waals surface area contributed by atoms with E-state index in [1.165, 1.54) is 18.4 Å². The Kier molecular flexibility index (Phi) is 1.23. The molecule has 0 aliphatic heterocycles. The van der Waals surface area contributed by atoms with E-state index in [2.05, 4.69) is 25.7 Å². The molecule has 3 atom stereocenters. The van der Waals surface area contributed by atoms with E-state index in [4.69, 9.17) is 0 Å². The summed E-state index contributed by atoms with van der Waals surface area (Å²) >= 11 is 0. The van der Waals surface area contributed by atoms with Crippen molar-refractivity contribution in [3.63, 3.8) is 0 Å². The van der Waals surface area contributed by atoms with Gasteiger partial charge in [0.05, 0.1) is 0 Å². The fraction of sp³-hybridized carbons (Fsp3) is 0.600. The Morgan fingerprint density at radius 3 is 2.50 bits per heavy atom. The molecule has 0 aromatic rings. The van der Waals surface area contributed by atoms with Crippen molar-refractivity contribution in [2.45, 2.75) is 19.8 Å². The fourth-order valence-electron chi connectivity index (χ4n) is 2.35. The molecule has 0 aromatic carbocycles. The minimum atomic E-state index is 0.815. The normalized spacial score (nSPS) is 42.7. The minimum Gasteiger partial charge on any atom is -0.0998 e. The zero-order valence-corrected chi connectivity index (χ0v) is 6.51. The lowest BCUT2D eigenvalue weighted by atomic mass is 9.88.